The maximum atomic E-state index is 5.81. The van der Waals surface area contributed by atoms with Crippen LogP contribution in [0.5, 0.6) is 0 Å². The van der Waals surface area contributed by atoms with Crippen molar-refractivity contribution in [3.63, 3.8) is 0 Å². The second-order valence-corrected chi connectivity index (χ2v) is 6.03. The molecule has 0 aliphatic carbocycles. The van der Waals surface area contributed by atoms with E-state index >= 15 is 0 Å². The van der Waals surface area contributed by atoms with Crippen molar-refractivity contribution in [2.24, 2.45) is 0 Å². The molecule has 1 aromatic carbocycles. The normalized spacial score (nSPS) is 19.1. The Hall–Kier alpha value is -1.59. The van der Waals surface area contributed by atoms with E-state index in [1.807, 2.05) is 18.2 Å². The van der Waals surface area contributed by atoms with E-state index in [1.165, 1.54) is 6.42 Å². The van der Waals surface area contributed by atoms with E-state index in [0.717, 1.165) is 55.3 Å². The van der Waals surface area contributed by atoms with Gasteiger partial charge in [-0.05, 0) is 31.5 Å². The fourth-order valence-electron chi connectivity index (χ4n) is 2.99. The summed E-state index contributed by atoms with van der Waals surface area (Å²) in [5.41, 5.74) is 8.62. The lowest BCUT2D eigenvalue weighted by Gasteiger charge is -2.37. The van der Waals surface area contributed by atoms with Gasteiger partial charge in [-0.1, -0.05) is 6.92 Å². The molecule has 0 amide bonds. The van der Waals surface area contributed by atoms with E-state index < -0.39 is 0 Å². The van der Waals surface area contributed by atoms with Gasteiger partial charge in [0, 0.05) is 37.9 Å². The van der Waals surface area contributed by atoms with Crippen LogP contribution < -0.4 is 5.73 Å². The highest BCUT2D eigenvalue weighted by Crippen LogP contribution is 2.16. The lowest BCUT2D eigenvalue weighted by molar-refractivity contribution is 0.0950. The summed E-state index contributed by atoms with van der Waals surface area (Å²) in [7, 11) is 0. The molecule has 3 rings (SSSR count). The highest BCUT2D eigenvalue weighted by atomic mass is 15.3. The van der Waals surface area contributed by atoms with Gasteiger partial charge in [0.2, 0.25) is 0 Å². The van der Waals surface area contributed by atoms with Gasteiger partial charge in [-0.2, -0.15) is 0 Å². The Kier molecular flexibility index (Phi) is 4.12. The Morgan fingerprint density at radius 1 is 1.29 bits per heavy atom. The quantitative estimate of drug-likeness (QED) is 0.845. The Bertz CT molecular complexity index is 598. The highest BCUT2D eigenvalue weighted by Gasteiger charge is 2.20. The molecule has 1 saturated heterocycles. The van der Waals surface area contributed by atoms with E-state index in [4.69, 9.17) is 5.73 Å². The molecule has 114 valence electrons. The number of nitrogen functional groups attached to an aromatic ring is 1. The predicted molar refractivity (Wildman–Crippen MR) is 87.1 cm³/mol. The number of benzene rings is 1. The van der Waals surface area contributed by atoms with Crippen LogP contribution in [0.15, 0.2) is 18.2 Å². The van der Waals surface area contributed by atoms with Crippen LogP contribution in [0.25, 0.3) is 11.0 Å². The molecule has 0 saturated carbocycles. The molecule has 1 aliphatic heterocycles. The second kappa shape index (κ2) is 6.03. The SMILES string of the molecule is CCC(C)N1CCN(Cc2nc3ccc(N)cc3[nH]2)CC1. The zero-order chi connectivity index (χ0) is 14.8. The monoisotopic (exact) mass is 287 g/mol. The first-order chi connectivity index (χ1) is 10.2. The summed E-state index contributed by atoms with van der Waals surface area (Å²) in [4.78, 5) is 13.1. The van der Waals surface area contributed by atoms with Crippen LogP contribution >= 0.6 is 0 Å². The molecule has 1 aliphatic rings. The van der Waals surface area contributed by atoms with E-state index in [-0.39, 0.29) is 0 Å². The minimum absolute atomic E-state index is 0.696. The predicted octanol–water partition coefficient (Wildman–Crippen LogP) is 2.06. The largest absolute Gasteiger partial charge is 0.399 e. The summed E-state index contributed by atoms with van der Waals surface area (Å²) >= 11 is 0. The lowest BCUT2D eigenvalue weighted by Crippen LogP contribution is -2.49. The maximum absolute atomic E-state index is 5.81. The molecule has 1 aromatic heterocycles. The van der Waals surface area contributed by atoms with Crippen LogP contribution in [-0.4, -0.2) is 52.0 Å². The fraction of sp³-hybridized carbons (Fsp3) is 0.562. The number of nitrogens with zero attached hydrogens (tertiary/aromatic N) is 3. The first kappa shape index (κ1) is 14.4. The zero-order valence-electron chi connectivity index (χ0n) is 13.0. The van der Waals surface area contributed by atoms with Crippen molar-refractivity contribution in [2.45, 2.75) is 32.9 Å². The van der Waals surface area contributed by atoms with Gasteiger partial charge in [-0.15, -0.1) is 0 Å². The average molecular weight is 287 g/mol. The van der Waals surface area contributed by atoms with Gasteiger partial charge in [0.25, 0.3) is 0 Å². The number of hydrogen-bond acceptors (Lipinski definition) is 4. The third kappa shape index (κ3) is 3.19. The number of imidazole rings is 1. The van der Waals surface area contributed by atoms with Crippen LogP contribution in [0.1, 0.15) is 26.1 Å². The van der Waals surface area contributed by atoms with Gasteiger partial charge in [-0.25, -0.2) is 4.98 Å². The van der Waals surface area contributed by atoms with Crippen molar-refractivity contribution in [3.8, 4) is 0 Å². The van der Waals surface area contributed by atoms with Gasteiger partial charge in [0.15, 0.2) is 0 Å². The van der Waals surface area contributed by atoms with Crippen molar-refractivity contribution in [1.82, 2.24) is 19.8 Å². The smallest absolute Gasteiger partial charge is 0.121 e. The lowest BCUT2D eigenvalue weighted by atomic mass is 10.2. The van der Waals surface area contributed by atoms with Crippen LogP contribution in [0.2, 0.25) is 0 Å². The molecule has 21 heavy (non-hydrogen) atoms. The van der Waals surface area contributed by atoms with Crippen molar-refractivity contribution in [3.05, 3.63) is 24.0 Å². The minimum Gasteiger partial charge on any atom is -0.399 e. The summed E-state index contributed by atoms with van der Waals surface area (Å²) in [6, 6.07) is 6.53. The van der Waals surface area contributed by atoms with E-state index in [9.17, 15) is 0 Å². The van der Waals surface area contributed by atoms with Crippen molar-refractivity contribution in [2.75, 3.05) is 31.9 Å². The molecule has 5 nitrogen and oxygen atoms in total. The molecule has 1 atom stereocenters. The molecule has 3 N–H and O–H groups in total. The number of piperazine rings is 1. The van der Waals surface area contributed by atoms with Crippen molar-refractivity contribution < 1.29 is 0 Å². The Morgan fingerprint density at radius 2 is 2.05 bits per heavy atom. The number of nitrogens with one attached hydrogen (secondary N) is 1. The third-order valence-electron chi connectivity index (χ3n) is 4.55. The summed E-state index contributed by atoms with van der Waals surface area (Å²) in [5.74, 6) is 1.03. The number of rotatable bonds is 4. The zero-order valence-corrected chi connectivity index (χ0v) is 13.0. The van der Waals surface area contributed by atoms with E-state index in [0.29, 0.717) is 6.04 Å². The van der Waals surface area contributed by atoms with E-state index in [2.05, 4.69) is 33.6 Å². The van der Waals surface area contributed by atoms with Crippen LogP contribution in [0, 0.1) is 0 Å². The minimum atomic E-state index is 0.696. The molecular formula is C16H25N5. The number of aromatic nitrogens is 2. The number of hydrogen-bond donors (Lipinski definition) is 2. The standard InChI is InChI=1S/C16H25N5/c1-3-12(2)21-8-6-20(7-9-21)11-16-18-14-5-4-13(17)10-15(14)19-16/h4-5,10,12H,3,6-9,11,17H2,1-2H3,(H,18,19). The first-order valence-corrected chi connectivity index (χ1v) is 7.86. The molecule has 0 bridgehead atoms. The number of fused-ring (bicyclic) bond motifs is 1. The maximum Gasteiger partial charge on any atom is 0.121 e. The summed E-state index contributed by atoms with van der Waals surface area (Å²) in [6.07, 6.45) is 1.23. The van der Waals surface area contributed by atoms with Gasteiger partial charge >= 0.3 is 0 Å². The summed E-state index contributed by atoms with van der Waals surface area (Å²) in [6.45, 7) is 10.0. The molecule has 1 unspecified atom stereocenters. The van der Waals surface area contributed by atoms with Gasteiger partial charge < -0.3 is 10.7 Å². The van der Waals surface area contributed by atoms with E-state index in [1.54, 1.807) is 0 Å². The van der Waals surface area contributed by atoms with Crippen molar-refractivity contribution >= 4 is 16.7 Å². The topological polar surface area (TPSA) is 61.2 Å². The molecule has 2 aromatic rings. The van der Waals surface area contributed by atoms with Gasteiger partial charge in [0.05, 0.1) is 17.6 Å². The summed E-state index contributed by atoms with van der Waals surface area (Å²) in [5, 5.41) is 0. The van der Waals surface area contributed by atoms with Crippen molar-refractivity contribution in [1.29, 1.82) is 0 Å². The van der Waals surface area contributed by atoms with Crippen LogP contribution in [0.3, 0.4) is 0 Å². The average Bonchev–Trinajstić information content (AvgIpc) is 2.88. The van der Waals surface area contributed by atoms with Gasteiger partial charge in [-0.3, -0.25) is 9.80 Å². The number of H-pyrrole nitrogens is 1. The molecule has 2 heterocycles. The Morgan fingerprint density at radius 3 is 2.76 bits per heavy atom. The molecule has 0 spiro atoms. The molecule has 5 heteroatoms. The second-order valence-electron chi connectivity index (χ2n) is 6.03. The summed E-state index contributed by atoms with van der Waals surface area (Å²) < 4.78 is 0. The highest BCUT2D eigenvalue weighted by molar-refractivity contribution is 5.78. The number of anilines is 1. The number of aromatic amines is 1. The molecule has 0 radical (unpaired) electrons. The van der Waals surface area contributed by atoms with Crippen LogP contribution in [-0.2, 0) is 6.54 Å². The Balaban J connectivity index is 1.61. The number of nitrogens with two attached hydrogens (primary N) is 1. The third-order valence-corrected chi connectivity index (χ3v) is 4.55. The van der Waals surface area contributed by atoms with Gasteiger partial charge in [0.1, 0.15) is 5.82 Å². The molecular weight excluding hydrogens is 262 g/mol. The Labute approximate surface area is 126 Å². The first-order valence-electron chi connectivity index (χ1n) is 7.86. The van der Waals surface area contributed by atoms with Crippen LogP contribution in [0.4, 0.5) is 5.69 Å². The molecule has 1 fully saturated rings. The fourth-order valence-corrected chi connectivity index (χ4v) is 2.99.